The van der Waals surface area contributed by atoms with Gasteiger partial charge in [-0.05, 0) is 12.5 Å². The number of nitrogens with zero attached hydrogens (tertiary/aromatic N) is 3. The van der Waals surface area contributed by atoms with E-state index in [-0.39, 0.29) is 17.3 Å². The summed E-state index contributed by atoms with van der Waals surface area (Å²) in [6.45, 7) is 5.42. The number of anilines is 1. The molecule has 3 rings (SSSR count). The van der Waals surface area contributed by atoms with Gasteiger partial charge in [0.1, 0.15) is 6.07 Å². The molecule has 1 N–H and O–H groups in total. The highest BCUT2D eigenvalue weighted by Gasteiger charge is 2.31. The van der Waals surface area contributed by atoms with Crippen molar-refractivity contribution in [3.05, 3.63) is 33.9 Å². The SMILES string of the molecule is N#Cc1cc([N+](=O)[O-])ccc1NC[C@H]([C@@H]1CCOC1)N1CCOCC1. The molecule has 134 valence electrons. The summed E-state index contributed by atoms with van der Waals surface area (Å²) in [6, 6.07) is 6.67. The molecule has 2 aliphatic rings. The Kier molecular flexibility index (Phi) is 5.81. The highest BCUT2D eigenvalue weighted by Crippen LogP contribution is 2.25. The molecule has 2 atom stereocenters. The number of nitro groups is 1. The fourth-order valence-corrected chi connectivity index (χ4v) is 3.47. The molecule has 25 heavy (non-hydrogen) atoms. The highest BCUT2D eigenvalue weighted by molar-refractivity contribution is 5.61. The zero-order valence-corrected chi connectivity index (χ0v) is 14.0. The third-order valence-electron chi connectivity index (χ3n) is 4.86. The Morgan fingerprint density at radius 2 is 2.16 bits per heavy atom. The van der Waals surface area contributed by atoms with E-state index in [0.717, 1.165) is 45.9 Å². The first kappa shape index (κ1) is 17.6. The van der Waals surface area contributed by atoms with Crippen molar-refractivity contribution in [3.8, 4) is 6.07 Å². The number of nitro benzene ring substituents is 1. The summed E-state index contributed by atoms with van der Waals surface area (Å²) < 4.78 is 11.0. The van der Waals surface area contributed by atoms with Crippen LogP contribution in [-0.4, -0.2) is 61.9 Å². The molecule has 8 heteroatoms. The van der Waals surface area contributed by atoms with E-state index in [2.05, 4.69) is 10.2 Å². The third-order valence-corrected chi connectivity index (χ3v) is 4.86. The maximum absolute atomic E-state index is 10.9. The number of morpholine rings is 1. The van der Waals surface area contributed by atoms with Crippen molar-refractivity contribution >= 4 is 11.4 Å². The zero-order chi connectivity index (χ0) is 17.6. The maximum atomic E-state index is 10.9. The Hall–Kier alpha value is -2.21. The summed E-state index contributed by atoms with van der Waals surface area (Å²) in [5.74, 6) is 0.439. The van der Waals surface area contributed by atoms with E-state index >= 15 is 0 Å². The molecule has 2 saturated heterocycles. The van der Waals surface area contributed by atoms with Crippen LogP contribution in [0.2, 0.25) is 0 Å². The van der Waals surface area contributed by atoms with Crippen molar-refractivity contribution in [2.75, 3.05) is 51.4 Å². The quantitative estimate of drug-likeness (QED) is 0.617. The van der Waals surface area contributed by atoms with Gasteiger partial charge in [-0.15, -0.1) is 0 Å². The molecule has 0 aliphatic carbocycles. The number of ether oxygens (including phenoxy) is 2. The number of nitrogens with one attached hydrogen (secondary N) is 1. The van der Waals surface area contributed by atoms with Crippen molar-refractivity contribution in [1.29, 1.82) is 5.26 Å². The average molecular weight is 346 g/mol. The first-order chi connectivity index (χ1) is 12.2. The normalized spacial score (nSPS) is 22.3. The fourth-order valence-electron chi connectivity index (χ4n) is 3.47. The maximum Gasteiger partial charge on any atom is 0.270 e. The molecular weight excluding hydrogens is 324 g/mol. The van der Waals surface area contributed by atoms with Crippen LogP contribution in [0.1, 0.15) is 12.0 Å². The van der Waals surface area contributed by atoms with E-state index in [4.69, 9.17) is 9.47 Å². The Balaban J connectivity index is 1.72. The Labute approximate surface area is 146 Å². The lowest BCUT2D eigenvalue weighted by molar-refractivity contribution is -0.384. The summed E-state index contributed by atoms with van der Waals surface area (Å²) in [5.41, 5.74) is 0.846. The first-order valence-corrected chi connectivity index (χ1v) is 8.51. The van der Waals surface area contributed by atoms with Gasteiger partial charge in [-0.2, -0.15) is 5.26 Å². The van der Waals surface area contributed by atoms with Gasteiger partial charge in [0.25, 0.3) is 5.69 Å². The average Bonchev–Trinajstić information content (AvgIpc) is 3.17. The van der Waals surface area contributed by atoms with Crippen molar-refractivity contribution < 1.29 is 14.4 Å². The highest BCUT2D eigenvalue weighted by atomic mass is 16.6. The van der Waals surface area contributed by atoms with Crippen molar-refractivity contribution in [2.24, 2.45) is 5.92 Å². The van der Waals surface area contributed by atoms with E-state index in [1.165, 1.54) is 12.1 Å². The molecule has 0 aromatic heterocycles. The monoisotopic (exact) mass is 346 g/mol. The molecule has 0 spiro atoms. The second kappa shape index (κ2) is 8.25. The lowest BCUT2D eigenvalue weighted by Crippen LogP contribution is -2.50. The first-order valence-electron chi connectivity index (χ1n) is 8.51. The number of nitriles is 1. The summed E-state index contributed by atoms with van der Waals surface area (Å²) in [4.78, 5) is 12.8. The van der Waals surface area contributed by atoms with Gasteiger partial charge in [0.15, 0.2) is 0 Å². The van der Waals surface area contributed by atoms with Crippen molar-refractivity contribution in [2.45, 2.75) is 12.5 Å². The van der Waals surface area contributed by atoms with Gasteiger partial charge in [0.05, 0.1) is 36.0 Å². The predicted molar refractivity (Wildman–Crippen MR) is 91.4 cm³/mol. The molecule has 0 radical (unpaired) electrons. The van der Waals surface area contributed by atoms with Crippen LogP contribution in [0.4, 0.5) is 11.4 Å². The van der Waals surface area contributed by atoms with Crippen LogP contribution in [-0.2, 0) is 9.47 Å². The lowest BCUT2D eigenvalue weighted by atomic mass is 9.96. The van der Waals surface area contributed by atoms with Crippen LogP contribution < -0.4 is 5.32 Å². The molecule has 0 unspecified atom stereocenters. The van der Waals surface area contributed by atoms with Crippen LogP contribution in [0.15, 0.2) is 18.2 Å². The van der Waals surface area contributed by atoms with E-state index in [1.807, 2.05) is 6.07 Å². The van der Waals surface area contributed by atoms with E-state index < -0.39 is 4.92 Å². The largest absolute Gasteiger partial charge is 0.382 e. The third kappa shape index (κ3) is 4.25. The minimum absolute atomic E-state index is 0.0731. The van der Waals surface area contributed by atoms with Gasteiger partial charge in [0, 0.05) is 50.3 Å². The Morgan fingerprint density at radius 3 is 2.80 bits per heavy atom. The standard InChI is InChI=1S/C17H22N4O4/c18-10-14-9-15(21(22)23)1-2-16(14)19-11-17(13-3-6-25-12-13)20-4-7-24-8-5-20/h1-2,9,13,17,19H,3-8,11-12H2/t13-,17-/m1/s1. The molecule has 1 aromatic carbocycles. The lowest BCUT2D eigenvalue weighted by Gasteiger charge is -2.37. The topological polar surface area (TPSA) is 101 Å². The molecular formula is C17H22N4O4. The molecule has 0 amide bonds. The summed E-state index contributed by atoms with van der Waals surface area (Å²) >= 11 is 0. The zero-order valence-electron chi connectivity index (χ0n) is 14.0. The van der Waals surface area contributed by atoms with E-state index in [1.54, 1.807) is 6.07 Å². The number of benzene rings is 1. The second-order valence-corrected chi connectivity index (χ2v) is 6.32. The number of hydrogen-bond acceptors (Lipinski definition) is 7. The Bertz CT molecular complexity index is 649. The minimum atomic E-state index is -0.489. The molecule has 0 saturated carbocycles. The number of non-ortho nitro benzene ring substituents is 1. The van der Waals surface area contributed by atoms with Crippen LogP contribution in [0.3, 0.4) is 0 Å². The van der Waals surface area contributed by atoms with Crippen molar-refractivity contribution in [1.82, 2.24) is 4.90 Å². The summed E-state index contributed by atoms with van der Waals surface area (Å²) in [5, 5.41) is 23.5. The van der Waals surface area contributed by atoms with Crippen LogP contribution in [0.5, 0.6) is 0 Å². The number of hydrogen-bond donors (Lipinski definition) is 1. The predicted octanol–water partition coefficient (Wildman–Crippen LogP) is 1.62. The summed E-state index contributed by atoms with van der Waals surface area (Å²) in [7, 11) is 0. The van der Waals surface area contributed by atoms with Gasteiger partial charge in [-0.3, -0.25) is 15.0 Å². The second-order valence-electron chi connectivity index (χ2n) is 6.32. The molecule has 2 heterocycles. The Morgan fingerprint density at radius 1 is 1.36 bits per heavy atom. The smallest absolute Gasteiger partial charge is 0.270 e. The van der Waals surface area contributed by atoms with Gasteiger partial charge in [-0.25, -0.2) is 0 Å². The van der Waals surface area contributed by atoms with E-state index in [9.17, 15) is 15.4 Å². The minimum Gasteiger partial charge on any atom is -0.382 e. The fraction of sp³-hybridized carbons (Fsp3) is 0.588. The van der Waals surface area contributed by atoms with Crippen LogP contribution >= 0.6 is 0 Å². The van der Waals surface area contributed by atoms with Gasteiger partial charge in [-0.1, -0.05) is 0 Å². The molecule has 0 bridgehead atoms. The van der Waals surface area contributed by atoms with Crippen molar-refractivity contribution in [3.63, 3.8) is 0 Å². The number of rotatable bonds is 6. The van der Waals surface area contributed by atoms with Crippen LogP contribution in [0.25, 0.3) is 0 Å². The molecule has 2 aliphatic heterocycles. The molecule has 2 fully saturated rings. The molecule has 8 nitrogen and oxygen atoms in total. The van der Waals surface area contributed by atoms with E-state index in [0.29, 0.717) is 18.2 Å². The van der Waals surface area contributed by atoms with Gasteiger partial charge >= 0.3 is 0 Å². The van der Waals surface area contributed by atoms with Crippen LogP contribution in [0, 0.1) is 27.4 Å². The summed E-state index contributed by atoms with van der Waals surface area (Å²) in [6.07, 6.45) is 1.02. The van der Waals surface area contributed by atoms with Gasteiger partial charge < -0.3 is 14.8 Å². The van der Waals surface area contributed by atoms with Gasteiger partial charge in [0.2, 0.25) is 0 Å². The molecule has 1 aromatic rings.